The summed E-state index contributed by atoms with van der Waals surface area (Å²) in [5, 5.41) is 23.8. The molecule has 1 aliphatic rings. The second-order valence-electron chi connectivity index (χ2n) is 16.9. The van der Waals surface area contributed by atoms with Crippen LogP contribution in [0.5, 0.6) is 0 Å². The van der Waals surface area contributed by atoms with Gasteiger partial charge in [-0.25, -0.2) is 9.78 Å². The molecule has 6 N–H and O–H groups in total. The quantitative estimate of drug-likeness (QED) is 0.0807. The molecule has 13 heteroatoms. The minimum Gasteiger partial charge on any atom is -0.444 e. The van der Waals surface area contributed by atoms with Gasteiger partial charge in [0, 0.05) is 50.1 Å². The highest BCUT2D eigenvalue weighted by molar-refractivity contribution is 5.91. The van der Waals surface area contributed by atoms with Crippen molar-refractivity contribution >= 4 is 23.8 Å². The monoisotopic (exact) mass is 787 g/mol. The number of hydrogen-bond donors (Lipinski definition) is 6. The molecule has 0 radical (unpaired) electrons. The summed E-state index contributed by atoms with van der Waals surface area (Å²) in [5.41, 5.74) is 1.74. The average molecular weight is 788 g/mol. The lowest BCUT2D eigenvalue weighted by atomic mass is 9.80. The molecule has 1 aromatic carbocycles. The van der Waals surface area contributed by atoms with E-state index in [9.17, 15) is 24.3 Å². The topological polar surface area (TPSA) is 187 Å². The minimum atomic E-state index is -1.04. The third-order valence-electron chi connectivity index (χ3n) is 10.7. The molecule has 4 rings (SSSR count). The van der Waals surface area contributed by atoms with Crippen molar-refractivity contribution in [1.29, 1.82) is 0 Å². The molecule has 13 nitrogen and oxygen atoms in total. The number of carbonyl (C=O) groups excluding carboxylic acids is 4. The maximum atomic E-state index is 14.3. The van der Waals surface area contributed by atoms with Crippen LogP contribution in [0.4, 0.5) is 4.79 Å². The molecule has 0 bridgehead atoms. The molecule has 312 valence electrons. The standard InChI is InChI=1S/C44H65N7O6/c1-30(2)34(20-23-47-40(53)17-16-31-18-21-45-22-19-31)26-39(52)36(24-32-12-8-6-9-13-32)49-42(55)38(27-35-28-46-29-48-35)50-41(54)37(25-33-14-10-7-11-15-33)51-43(56)57-44(3,4)5/h7,10-11,14-15,18-19,21-22,28-30,32,34,36-39,52H,6,8-9,12-13,16-17,20,23-27H2,1-5H3,(H,46,48)(H,47,53)(H,49,55)(H,50,54)(H,51,56)/t34-,36-,37-,38-,39-/m0/s1. The number of nitrogens with zero attached hydrogens (tertiary/aromatic N) is 2. The van der Waals surface area contributed by atoms with Crippen LogP contribution in [0, 0.1) is 17.8 Å². The SMILES string of the molecule is CC(C)[C@@H](CCNC(=O)CCc1ccncc1)C[C@H](O)[C@H](CC1CCCCC1)NC(=O)[C@H](Cc1cnc[nH]1)NC(=O)[C@H](Cc1ccccc1)NC(=O)OC(C)(C)C. The molecule has 5 atom stereocenters. The second kappa shape index (κ2) is 22.8. The zero-order chi connectivity index (χ0) is 41.2. The smallest absolute Gasteiger partial charge is 0.408 e. The molecular formula is C44H65N7O6. The van der Waals surface area contributed by atoms with Crippen molar-refractivity contribution in [3.05, 3.63) is 84.2 Å². The lowest BCUT2D eigenvalue weighted by Gasteiger charge is -2.34. The van der Waals surface area contributed by atoms with Crippen LogP contribution in [-0.2, 0) is 38.4 Å². The van der Waals surface area contributed by atoms with Crippen LogP contribution >= 0.6 is 0 Å². The Kier molecular flexibility index (Phi) is 18.0. The van der Waals surface area contributed by atoms with Gasteiger partial charge in [0.05, 0.1) is 18.5 Å². The number of nitrogens with one attached hydrogen (secondary N) is 5. The molecule has 57 heavy (non-hydrogen) atoms. The van der Waals surface area contributed by atoms with Gasteiger partial charge in [-0.3, -0.25) is 19.4 Å². The number of aliphatic hydroxyl groups excluding tert-OH is 1. The summed E-state index contributed by atoms with van der Waals surface area (Å²) < 4.78 is 5.48. The van der Waals surface area contributed by atoms with Crippen LogP contribution in [0.15, 0.2) is 67.4 Å². The number of carbonyl (C=O) groups is 4. The Balaban J connectivity index is 1.47. The summed E-state index contributed by atoms with van der Waals surface area (Å²) in [7, 11) is 0. The number of aromatic nitrogens is 3. The number of aromatic amines is 1. The molecule has 1 fully saturated rings. The van der Waals surface area contributed by atoms with Crippen molar-refractivity contribution in [2.24, 2.45) is 17.8 Å². The lowest BCUT2D eigenvalue weighted by molar-refractivity contribution is -0.131. The Morgan fingerprint density at radius 3 is 2.21 bits per heavy atom. The Hall–Kier alpha value is -4.78. The third-order valence-corrected chi connectivity index (χ3v) is 10.7. The molecule has 2 heterocycles. The zero-order valence-electron chi connectivity index (χ0n) is 34.5. The largest absolute Gasteiger partial charge is 0.444 e. The van der Waals surface area contributed by atoms with E-state index in [0.717, 1.165) is 36.8 Å². The minimum absolute atomic E-state index is 0.0186. The molecule has 0 aliphatic heterocycles. The number of amides is 4. The Morgan fingerprint density at radius 1 is 0.877 bits per heavy atom. The Bertz CT molecular complexity index is 1640. The number of imidazole rings is 1. The number of rotatable bonds is 21. The van der Waals surface area contributed by atoms with Gasteiger partial charge in [0.15, 0.2) is 0 Å². The highest BCUT2D eigenvalue weighted by Crippen LogP contribution is 2.30. The van der Waals surface area contributed by atoms with Gasteiger partial charge in [-0.05, 0) is 87.5 Å². The maximum Gasteiger partial charge on any atom is 0.408 e. The normalized spacial score (nSPS) is 16.1. The van der Waals surface area contributed by atoms with Crippen LogP contribution in [0.25, 0.3) is 0 Å². The van der Waals surface area contributed by atoms with Crippen LogP contribution in [0.3, 0.4) is 0 Å². The van der Waals surface area contributed by atoms with Crippen molar-refractivity contribution < 1.29 is 29.0 Å². The van der Waals surface area contributed by atoms with Gasteiger partial charge < -0.3 is 36.1 Å². The number of aliphatic hydroxyl groups is 1. The molecule has 4 amide bonds. The number of benzene rings is 1. The Labute approximate surface area is 338 Å². The van der Waals surface area contributed by atoms with E-state index in [-0.39, 0.29) is 30.6 Å². The fraction of sp³-hybridized carbons (Fsp3) is 0.591. The van der Waals surface area contributed by atoms with E-state index in [1.165, 1.54) is 12.7 Å². The average Bonchev–Trinajstić information content (AvgIpc) is 3.69. The number of ether oxygens (including phenoxy) is 1. The summed E-state index contributed by atoms with van der Waals surface area (Å²) in [6.07, 6.45) is 13.5. The predicted molar refractivity (Wildman–Crippen MR) is 220 cm³/mol. The van der Waals surface area contributed by atoms with Gasteiger partial charge in [-0.1, -0.05) is 76.3 Å². The van der Waals surface area contributed by atoms with E-state index >= 15 is 0 Å². The van der Waals surface area contributed by atoms with Gasteiger partial charge >= 0.3 is 6.09 Å². The molecule has 3 aromatic rings. The molecule has 1 saturated carbocycles. The summed E-state index contributed by atoms with van der Waals surface area (Å²) >= 11 is 0. The van der Waals surface area contributed by atoms with E-state index in [0.29, 0.717) is 50.3 Å². The first-order valence-electron chi connectivity index (χ1n) is 20.7. The van der Waals surface area contributed by atoms with Gasteiger partial charge in [-0.15, -0.1) is 0 Å². The summed E-state index contributed by atoms with van der Waals surface area (Å²) in [6.45, 7) is 9.96. The summed E-state index contributed by atoms with van der Waals surface area (Å²) in [6, 6.07) is 10.5. The number of pyridine rings is 1. The van der Waals surface area contributed by atoms with Crippen molar-refractivity contribution in [2.45, 2.75) is 141 Å². The fourth-order valence-corrected chi connectivity index (χ4v) is 7.47. The first kappa shape index (κ1) is 44.9. The van der Waals surface area contributed by atoms with Gasteiger partial charge in [0.25, 0.3) is 0 Å². The number of hydrogen-bond acceptors (Lipinski definition) is 8. The lowest BCUT2D eigenvalue weighted by Crippen LogP contribution is -2.57. The molecule has 2 aromatic heterocycles. The summed E-state index contributed by atoms with van der Waals surface area (Å²) in [5.74, 6) is -0.331. The molecule has 1 aliphatic carbocycles. The third kappa shape index (κ3) is 16.7. The van der Waals surface area contributed by atoms with E-state index in [1.807, 2.05) is 42.5 Å². The zero-order valence-corrected chi connectivity index (χ0v) is 34.5. The van der Waals surface area contributed by atoms with Crippen LogP contribution < -0.4 is 21.3 Å². The van der Waals surface area contributed by atoms with Crippen molar-refractivity contribution in [3.63, 3.8) is 0 Å². The number of alkyl carbamates (subject to hydrolysis) is 1. The predicted octanol–water partition coefficient (Wildman–Crippen LogP) is 5.59. The Morgan fingerprint density at radius 2 is 1.56 bits per heavy atom. The first-order chi connectivity index (χ1) is 27.3. The van der Waals surface area contributed by atoms with Crippen LogP contribution in [-0.4, -0.2) is 80.2 Å². The molecular weight excluding hydrogens is 723 g/mol. The second-order valence-corrected chi connectivity index (χ2v) is 16.9. The van der Waals surface area contributed by atoms with E-state index in [1.54, 1.807) is 39.4 Å². The highest BCUT2D eigenvalue weighted by atomic mass is 16.6. The molecule has 0 unspecified atom stereocenters. The maximum absolute atomic E-state index is 14.3. The van der Waals surface area contributed by atoms with Crippen molar-refractivity contribution in [2.75, 3.05) is 6.54 Å². The van der Waals surface area contributed by atoms with E-state index < -0.39 is 47.7 Å². The molecule has 0 saturated heterocycles. The fourth-order valence-electron chi connectivity index (χ4n) is 7.47. The number of H-pyrrole nitrogens is 1. The van der Waals surface area contributed by atoms with Gasteiger partial charge in [0.2, 0.25) is 17.7 Å². The van der Waals surface area contributed by atoms with Crippen molar-refractivity contribution in [1.82, 2.24) is 36.2 Å². The first-order valence-corrected chi connectivity index (χ1v) is 20.7. The number of aryl methyl sites for hydroxylation is 1. The van der Waals surface area contributed by atoms with Crippen LogP contribution in [0.1, 0.15) is 109 Å². The van der Waals surface area contributed by atoms with E-state index in [2.05, 4.69) is 50.1 Å². The molecule has 0 spiro atoms. The van der Waals surface area contributed by atoms with Gasteiger partial charge in [0.1, 0.15) is 17.7 Å². The van der Waals surface area contributed by atoms with Gasteiger partial charge in [-0.2, -0.15) is 0 Å². The highest BCUT2D eigenvalue weighted by Gasteiger charge is 2.33. The van der Waals surface area contributed by atoms with Crippen LogP contribution in [0.2, 0.25) is 0 Å². The van der Waals surface area contributed by atoms with Crippen molar-refractivity contribution in [3.8, 4) is 0 Å². The summed E-state index contributed by atoms with van der Waals surface area (Å²) in [4.78, 5) is 65.1. The van der Waals surface area contributed by atoms with E-state index in [4.69, 9.17) is 4.74 Å².